The molecule has 0 fully saturated rings. The number of benzene rings is 1. The van der Waals surface area contributed by atoms with Crippen molar-refractivity contribution < 1.29 is 9.66 Å². The largest absolute Gasteiger partial charge is 0.396 e. The maximum atomic E-state index is 10.7. The Hall–Kier alpha value is -1.90. The first-order valence-corrected chi connectivity index (χ1v) is 13.1. The van der Waals surface area contributed by atoms with Crippen molar-refractivity contribution in [2.24, 2.45) is 0 Å². The maximum absolute atomic E-state index is 10.7. The Bertz CT molecular complexity index is 1060. The number of aliphatic hydroxyl groups is 1. The van der Waals surface area contributed by atoms with Crippen LogP contribution >= 0.6 is 22.7 Å². The Morgan fingerprint density at radius 3 is 2.50 bits per heavy atom. The summed E-state index contributed by atoms with van der Waals surface area (Å²) in [5, 5.41) is 12.0. The van der Waals surface area contributed by atoms with Gasteiger partial charge in [-0.15, -0.1) is 11.3 Å². The minimum atomic E-state index is -0.942. The van der Waals surface area contributed by atoms with Crippen molar-refractivity contribution in [1.29, 1.82) is 0 Å². The summed E-state index contributed by atoms with van der Waals surface area (Å²) in [5.41, 5.74) is 10.2. The molecule has 4 nitrogen and oxygen atoms in total. The van der Waals surface area contributed by atoms with E-state index in [0.29, 0.717) is 17.9 Å². The fourth-order valence-electron chi connectivity index (χ4n) is 3.11. The van der Waals surface area contributed by atoms with Gasteiger partial charge in [-0.2, -0.15) is 4.55 Å². The Labute approximate surface area is 188 Å². The molecule has 30 heavy (non-hydrogen) atoms. The van der Waals surface area contributed by atoms with Gasteiger partial charge < -0.3 is 10.8 Å². The molecule has 0 aliphatic heterocycles. The molecule has 4 aromatic rings. The first kappa shape index (κ1) is 22.8. The van der Waals surface area contributed by atoms with Gasteiger partial charge in [0.15, 0.2) is 11.2 Å². The van der Waals surface area contributed by atoms with E-state index in [1.165, 1.54) is 11.3 Å². The van der Waals surface area contributed by atoms with E-state index >= 15 is 0 Å². The van der Waals surface area contributed by atoms with E-state index in [1.54, 1.807) is 11.3 Å². The quantitative estimate of drug-likeness (QED) is 0.217. The van der Waals surface area contributed by atoms with E-state index in [1.807, 2.05) is 43.5 Å². The van der Waals surface area contributed by atoms with Gasteiger partial charge in [0.2, 0.25) is 0 Å². The average molecular weight is 460 g/mol. The maximum Gasteiger partial charge on any atom is 0.269 e. The molecule has 4 rings (SSSR count). The van der Waals surface area contributed by atoms with Crippen molar-refractivity contribution >= 4 is 49.8 Å². The van der Waals surface area contributed by atoms with Gasteiger partial charge in [0.05, 0.1) is 10.6 Å². The summed E-state index contributed by atoms with van der Waals surface area (Å²) in [6.45, 7) is 4.14. The van der Waals surface area contributed by atoms with Crippen LogP contribution in [0.15, 0.2) is 58.1 Å². The van der Waals surface area contributed by atoms with Crippen LogP contribution in [0, 0.1) is 0 Å². The molecule has 1 atom stereocenters. The Morgan fingerprint density at radius 1 is 1.07 bits per heavy atom. The SMILES string of the molecule is CC.Nc1c([S+](O)CCCCO)sc2nc(-c3cccs3)cc(-c3ccccc3)c12. The zero-order chi connectivity index (χ0) is 21.5. The highest BCUT2D eigenvalue weighted by molar-refractivity contribution is 7.93. The van der Waals surface area contributed by atoms with Crippen LogP contribution < -0.4 is 5.73 Å². The van der Waals surface area contributed by atoms with E-state index in [0.717, 1.165) is 42.5 Å². The van der Waals surface area contributed by atoms with Gasteiger partial charge >= 0.3 is 0 Å². The van der Waals surface area contributed by atoms with Crippen LogP contribution in [0.1, 0.15) is 26.7 Å². The summed E-state index contributed by atoms with van der Waals surface area (Å²) in [4.78, 5) is 6.83. The second-order valence-electron chi connectivity index (χ2n) is 6.38. The topological polar surface area (TPSA) is 79.4 Å². The normalized spacial score (nSPS) is 11.9. The van der Waals surface area contributed by atoms with E-state index in [-0.39, 0.29) is 6.61 Å². The van der Waals surface area contributed by atoms with Crippen LogP contribution in [0.3, 0.4) is 0 Å². The van der Waals surface area contributed by atoms with E-state index in [2.05, 4.69) is 24.3 Å². The predicted molar refractivity (Wildman–Crippen MR) is 134 cm³/mol. The van der Waals surface area contributed by atoms with Crippen molar-refractivity contribution in [2.45, 2.75) is 30.9 Å². The third-order valence-electron chi connectivity index (χ3n) is 4.48. The summed E-state index contributed by atoms with van der Waals surface area (Å²) in [5.74, 6) is 0.607. The number of anilines is 1. The van der Waals surface area contributed by atoms with Crippen LogP contribution in [0.25, 0.3) is 31.9 Å². The number of nitrogens with two attached hydrogens (primary N) is 1. The first-order valence-electron chi connectivity index (χ1n) is 10.0. The van der Waals surface area contributed by atoms with Crippen molar-refractivity contribution in [3.05, 3.63) is 53.9 Å². The van der Waals surface area contributed by atoms with Gasteiger partial charge in [-0.3, -0.25) is 0 Å². The molecule has 0 aliphatic carbocycles. The Kier molecular flexibility index (Phi) is 8.30. The minimum absolute atomic E-state index is 0.142. The molecule has 1 unspecified atom stereocenters. The number of nitrogens with zero attached hydrogens (tertiary/aromatic N) is 1. The van der Waals surface area contributed by atoms with Crippen LogP contribution in [0.2, 0.25) is 0 Å². The molecule has 0 bridgehead atoms. The lowest BCUT2D eigenvalue weighted by molar-refractivity contribution is 0.287. The van der Waals surface area contributed by atoms with Crippen molar-refractivity contribution in [1.82, 2.24) is 4.98 Å². The van der Waals surface area contributed by atoms with Gasteiger partial charge in [-0.1, -0.05) is 61.6 Å². The van der Waals surface area contributed by atoms with Gasteiger partial charge in [-0.25, -0.2) is 4.98 Å². The van der Waals surface area contributed by atoms with Crippen molar-refractivity contribution in [3.63, 3.8) is 0 Å². The number of aromatic nitrogens is 1. The molecular formula is C23H27N2O2S3+. The molecule has 0 saturated heterocycles. The number of nitrogen functional groups attached to an aromatic ring is 1. The van der Waals surface area contributed by atoms with E-state index in [9.17, 15) is 4.55 Å². The molecule has 7 heteroatoms. The predicted octanol–water partition coefficient (Wildman–Crippen LogP) is 6.52. The Morgan fingerprint density at radius 2 is 1.83 bits per heavy atom. The lowest BCUT2D eigenvalue weighted by Gasteiger charge is -2.07. The molecule has 0 amide bonds. The molecule has 0 saturated carbocycles. The fourth-order valence-corrected chi connectivity index (χ4v) is 6.55. The molecule has 3 aromatic heterocycles. The Balaban J connectivity index is 0.00000124. The number of rotatable bonds is 7. The minimum Gasteiger partial charge on any atom is -0.396 e. The van der Waals surface area contributed by atoms with E-state index < -0.39 is 11.2 Å². The molecule has 0 radical (unpaired) electrons. The molecular weight excluding hydrogens is 432 g/mol. The highest BCUT2D eigenvalue weighted by Gasteiger charge is 2.29. The van der Waals surface area contributed by atoms with Crippen LogP contribution in [-0.4, -0.2) is 27.0 Å². The molecule has 158 valence electrons. The number of aliphatic hydroxyl groups excluding tert-OH is 1. The number of unbranched alkanes of at least 4 members (excludes halogenated alkanes) is 1. The number of hydrogen-bond acceptors (Lipinski definition) is 6. The summed E-state index contributed by atoms with van der Waals surface area (Å²) in [7, 11) is 0. The summed E-state index contributed by atoms with van der Waals surface area (Å²) >= 11 is 2.20. The summed E-state index contributed by atoms with van der Waals surface area (Å²) in [6.07, 6.45) is 1.45. The third kappa shape index (κ3) is 4.87. The second-order valence-corrected chi connectivity index (χ2v) is 10.1. The highest BCUT2D eigenvalue weighted by Crippen LogP contribution is 2.43. The molecule has 4 N–H and O–H groups in total. The zero-order valence-corrected chi connectivity index (χ0v) is 19.6. The van der Waals surface area contributed by atoms with Gasteiger partial charge in [-0.05, 0) is 41.5 Å². The lowest BCUT2D eigenvalue weighted by atomic mass is 10.0. The smallest absolute Gasteiger partial charge is 0.269 e. The monoisotopic (exact) mass is 459 g/mol. The van der Waals surface area contributed by atoms with Gasteiger partial charge in [0.25, 0.3) is 4.21 Å². The lowest BCUT2D eigenvalue weighted by Crippen LogP contribution is -2.07. The van der Waals surface area contributed by atoms with Crippen LogP contribution in [-0.2, 0) is 11.2 Å². The first-order chi connectivity index (χ1) is 14.7. The van der Waals surface area contributed by atoms with Crippen LogP contribution in [0.5, 0.6) is 0 Å². The van der Waals surface area contributed by atoms with Gasteiger partial charge in [0.1, 0.15) is 16.3 Å². The highest BCUT2D eigenvalue weighted by atomic mass is 32.2. The summed E-state index contributed by atoms with van der Waals surface area (Å²) < 4.78 is 11.5. The molecule has 0 aliphatic rings. The summed E-state index contributed by atoms with van der Waals surface area (Å²) in [6, 6.07) is 16.4. The fraction of sp³-hybridized carbons (Fsp3) is 0.261. The molecule has 1 aromatic carbocycles. The zero-order valence-electron chi connectivity index (χ0n) is 17.2. The van der Waals surface area contributed by atoms with Crippen molar-refractivity contribution in [3.8, 4) is 21.7 Å². The van der Waals surface area contributed by atoms with Crippen molar-refractivity contribution in [2.75, 3.05) is 18.1 Å². The average Bonchev–Trinajstić information content (AvgIpc) is 3.44. The standard InChI is InChI=1S/C21H21N2O2S3.C2H6/c22-19-18-15(14-7-2-1-3-8-14)13-16(17-9-6-11-26-17)23-20(18)27-21(19)28(25)12-5-4-10-24;1-2/h1-3,6-9,11,13,24-25H,4-5,10,12,22H2;1-2H3/q+1;. The molecule has 0 spiro atoms. The number of fused-ring (bicyclic) bond motifs is 1. The number of pyridine rings is 1. The number of thiophene rings is 2. The van der Waals surface area contributed by atoms with E-state index in [4.69, 9.17) is 15.8 Å². The second kappa shape index (κ2) is 10.9. The third-order valence-corrected chi connectivity index (χ3v) is 8.42. The number of hydrogen-bond donors (Lipinski definition) is 3. The van der Waals surface area contributed by atoms with Gasteiger partial charge in [0, 0.05) is 12.0 Å². The molecule has 3 heterocycles. The van der Waals surface area contributed by atoms with Crippen LogP contribution in [0.4, 0.5) is 5.69 Å².